The number of carbonyl (C=O) groups is 1. The highest BCUT2D eigenvalue weighted by molar-refractivity contribution is 6.04. The molecule has 1 N–H and O–H groups in total. The second-order valence-electron chi connectivity index (χ2n) is 6.30. The average Bonchev–Trinajstić information content (AvgIpc) is 2.69. The van der Waals surface area contributed by atoms with Crippen LogP contribution in [0, 0.1) is 6.92 Å². The van der Waals surface area contributed by atoms with Gasteiger partial charge in [0.15, 0.2) is 0 Å². The first-order chi connectivity index (χ1) is 12.7. The lowest BCUT2D eigenvalue weighted by Gasteiger charge is -2.28. The molecule has 4 rings (SSSR count). The number of aryl methyl sites for hydroxylation is 1. The van der Waals surface area contributed by atoms with Crippen LogP contribution >= 0.6 is 0 Å². The lowest BCUT2D eigenvalue weighted by Crippen LogP contribution is -2.36. The van der Waals surface area contributed by atoms with Gasteiger partial charge in [-0.15, -0.1) is 0 Å². The van der Waals surface area contributed by atoms with Crippen molar-refractivity contribution in [1.29, 1.82) is 0 Å². The minimum absolute atomic E-state index is 0.222. The molecule has 1 saturated heterocycles. The van der Waals surface area contributed by atoms with Crippen LogP contribution in [0.3, 0.4) is 0 Å². The number of nitrogens with one attached hydrogen (secondary N) is 1. The Labute approximate surface area is 151 Å². The number of nitrogens with zero attached hydrogens (tertiary/aromatic N) is 3. The summed E-state index contributed by atoms with van der Waals surface area (Å²) in [5, 5.41) is 3.93. The predicted octanol–water partition coefficient (Wildman–Crippen LogP) is 3.03. The summed E-state index contributed by atoms with van der Waals surface area (Å²) in [7, 11) is 0. The highest BCUT2D eigenvalue weighted by Gasteiger charge is 2.14. The first-order valence-corrected chi connectivity index (χ1v) is 8.67. The Hall–Kier alpha value is -2.99. The molecule has 26 heavy (non-hydrogen) atoms. The van der Waals surface area contributed by atoms with Gasteiger partial charge < -0.3 is 15.0 Å². The van der Waals surface area contributed by atoms with Gasteiger partial charge in [-0.05, 0) is 48.9 Å². The smallest absolute Gasteiger partial charge is 0.274 e. The molecule has 1 fully saturated rings. The highest BCUT2D eigenvalue weighted by atomic mass is 16.5. The van der Waals surface area contributed by atoms with Crippen molar-refractivity contribution in [2.24, 2.45) is 0 Å². The summed E-state index contributed by atoms with van der Waals surface area (Å²) in [6, 6.07) is 13.1. The maximum atomic E-state index is 12.3. The summed E-state index contributed by atoms with van der Waals surface area (Å²) >= 11 is 0. The molecule has 0 saturated carbocycles. The third kappa shape index (κ3) is 3.36. The maximum Gasteiger partial charge on any atom is 0.274 e. The van der Waals surface area contributed by atoms with E-state index >= 15 is 0 Å². The molecule has 3 heterocycles. The zero-order chi connectivity index (χ0) is 17.9. The summed E-state index contributed by atoms with van der Waals surface area (Å²) in [6.07, 6.45) is 1.61. The van der Waals surface area contributed by atoms with Gasteiger partial charge in [-0.25, -0.2) is 4.98 Å². The largest absolute Gasteiger partial charge is 0.378 e. The number of hydrogen-bond acceptors (Lipinski definition) is 5. The van der Waals surface area contributed by atoms with E-state index < -0.39 is 0 Å². The number of fused-ring (bicyclic) bond motifs is 1. The quantitative estimate of drug-likeness (QED) is 0.788. The van der Waals surface area contributed by atoms with Gasteiger partial charge in [-0.1, -0.05) is 6.07 Å². The Balaban J connectivity index is 1.61. The van der Waals surface area contributed by atoms with Crippen LogP contribution < -0.4 is 10.2 Å². The summed E-state index contributed by atoms with van der Waals surface area (Å²) in [4.78, 5) is 23.4. The van der Waals surface area contributed by atoms with Crippen molar-refractivity contribution in [2.75, 3.05) is 36.5 Å². The summed E-state index contributed by atoms with van der Waals surface area (Å²) < 4.78 is 5.41. The molecule has 0 aliphatic carbocycles. The molecule has 6 heteroatoms. The molecule has 0 unspecified atom stereocenters. The molecular weight excluding hydrogens is 328 g/mol. The fourth-order valence-electron chi connectivity index (χ4n) is 3.10. The normalized spacial score (nSPS) is 14.4. The van der Waals surface area contributed by atoms with Crippen LogP contribution in [0.1, 0.15) is 16.1 Å². The number of benzene rings is 1. The van der Waals surface area contributed by atoms with Crippen molar-refractivity contribution in [3.63, 3.8) is 0 Å². The Morgan fingerprint density at radius 2 is 2.00 bits per heavy atom. The van der Waals surface area contributed by atoms with Crippen LogP contribution in [0.25, 0.3) is 10.9 Å². The van der Waals surface area contributed by atoms with E-state index in [1.807, 2.05) is 18.2 Å². The van der Waals surface area contributed by atoms with E-state index in [1.54, 1.807) is 24.4 Å². The Morgan fingerprint density at radius 1 is 1.15 bits per heavy atom. The fourth-order valence-corrected chi connectivity index (χ4v) is 3.10. The lowest BCUT2D eigenvalue weighted by molar-refractivity contribution is 0.102. The summed E-state index contributed by atoms with van der Waals surface area (Å²) in [6.45, 7) is 5.25. The molecule has 0 radical (unpaired) electrons. The molecule has 1 aliphatic rings. The van der Waals surface area contributed by atoms with Gasteiger partial charge in [0.1, 0.15) is 11.5 Å². The molecule has 1 aliphatic heterocycles. The molecule has 3 aromatic rings. The SMILES string of the molecule is Cc1cc(N2CCOCC2)nc2ccc(NC(=O)c3ccccn3)cc12. The van der Waals surface area contributed by atoms with Crippen molar-refractivity contribution in [2.45, 2.75) is 6.92 Å². The highest BCUT2D eigenvalue weighted by Crippen LogP contribution is 2.26. The van der Waals surface area contributed by atoms with Gasteiger partial charge in [0.05, 0.1) is 18.7 Å². The van der Waals surface area contributed by atoms with Crippen molar-refractivity contribution in [3.05, 3.63) is 59.9 Å². The number of ether oxygens (including phenoxy) is 1. The van der Waals surface area contributed by atoms with Crippen LogP contribution in [0.5, 0.6) is 0 Å². The van der Waals surface area contributed by atoms with Crippen molar-refractivity contribution >= 4 is 28.3 Å². The minimum atomic E-state index is -0.222. The monoisotopic (exact) mass is 348 g/mol. The second-order valence-corrected chi connectivity index (χ2v) is 6.30. The Morgan fingerprint density at radius 3 is 2.77 bits per heavy atom. The average molecular weight is 348 g/mol. The number of morpholine rings is 1. The Bertz CT molecular complexity index is 937. The number of hydrogen-bond donors (Lipinski definition) is 1. The number of amides is 1. The first-order valence-electron chi connectivity index (χ1n) is 8.67. The van der Waals surface area contributed by atoms with E-state index in [0.29, 0.717) is 5.69 Å². The number of carbonyl (C=O) groups excluding carboxylic acids is 1. The van der Waals surface area contributed by atoms with Gasteiger partial charge in [0.25, 0.3) is 5.91 Å². The maximum absolute atomic E-state index is 12.3. The van der Waals surface area contributed by atoms with Crippen LogP contribution in [0.15, 0.2) is 48.7 Å². The molecule has 132 valence electrons. The topological polar surface area (TPSA) is 67.3 Å². The van der Waals surface area contributed by atoms with E-state index in [2.05, 4.69) is 28.2 Å². The lowest BCUT2D eigenvalue weighted by atomic mass is 10.1. The first kappa shape index (κ1) is 16.5. The zero-order valence-corrected chi connectivity index (χ0v) is 14.6. The predicted molar refractivity (Wildman–Crippen MR) is 102 cm³/mol. The van der Waals surface area contributed by atoms with Gasteiger partial charge in [0.2, 0.25) is 0 Å². The van der Waals surface area contributed by atoms with Gasteiger partial charge >= 0.3 is 0 Å². The Kier molecular flexibility index (Phi) is 4.50. The minimum Gasteiger partial charge on any atom is -0.378 e. The number of pyridine rings is 2. The third-order valence-electron chi connectivity index (χ3n) is 4.49. The fraction of sp³-hybridized carbons (Fsp3) is 0.250. The van der Waals surface area contributed by atoms with Crippen molar-refractivity contribution in [3.8, 4) is 0 Å². The summed E-state index contributed by atoms with van der Waals surface area (Å²) in [5.74, 6) is 0.754. The summed E-state index contributed by atoms with van der Waals surface area (Å²) in [5.41, 5.74) is 3.18. The van der Waals surface area contributed by atoms with E-state index in [1.165, 1.54) is 0 Å². The molecule has 1 aromatic carbocycles. The molecule has 1 amide bonds. The van der Waals surface area contributed by atoms with E-state index in [9.17, 15) is 4.79 Å². The molecular formula is C20H20N4O2. The van der Waals surface area contributed by atoms with Crippen molar-refractivity contribution < 1.29 is 9.53 Å². The number of rotatable bonds is 3. The van der Waals surface area contributed by atoms with Gasteiger partial charge in [0, 0.05) is 30.4 Å². The van der Waals surface area contributed by atoms with E-state index in [4.69, 9.17) is 9.72 Å². The number of anilines is 2. The molecule has 6 nitrogen and oxygen atoms in total. The van der Waals surface area contributed by atoms with Crippen molar-refractivity contribution in [1.82, 2.24) is 9.97 Å². The third-order valence-corrected chi connectivity index (χ3v) is 4.49. The molecule has 0 bridgehead atoms. The van der Waals surface area contributed by atoms with Crippen LogP contribution in [-0.2, 0) is 4.74 Å². The van der Waals surface area contributed by atoms with Gasteiger partial charge in [-0.2, -0.15) is 0 Å². The zero-order valence-electron chi connectivity index (χ0n) is 14.6. The van der Waals surface area contributed by atoms with Crippen LogP contribution in [0.4, 0.5) is 11.5 Å². The second kappa shape index (κ2) is 7.09. The van der Waals surface area contributed by atoms with E-state index in [-0.39, 0.29) is 5.91 Å². The van der Waals surface area contributed by atoms with Crippen LogP contribution in [0.2, 0.25) is 0 Å². The van der Waals surface area contributed by atoms with E-state index in [0.717, 1.165) is 54.3 Å². The molecule has 0 atom stereocenters. The molecule has 2 aromatic heterocycles. The number of aromatic nitrogens is 2. The van der Waals surface area contributed by atoms with Gasteiger partial charge in [-0.3, -0.25) is 9.78 Å². The standard InChI is InChI=1S/C20H20N4O2/c1-14-12-19(24-8-10-26-11-9-24)23-17-6-5-15(13-16(14)17)22-20(25)18-4-2-3-7-21-18/h2-7,12-13H,8-11H2,1H3,(H,22,25). The van der Waals surface area contributed by atoms with Crippen LogP contribution in [-0.4, -0.2) is 42.2 Å². The molecule has 0 spiro atoms.